The smallest absolute Gasteiger partial charge is 0.239 e. The highest BCUT2D eigenvalue weighted by Gasteiger charge is 2.23. The van der Waals surface area contributed by atoms with E-state index in [2.05, 4.69) is 11.8 Å². The van der Waals surface area contributed by atoms with Crippen molar-refractivity contribution in [2.75, 3.05) is 33.7 Å². The van der Waals surface area contributed by atoms with Crippen molar-refractivity contribution in [3.05, 3.63) is 0 Å². The molecule has 0 aromatic carbocycles. The minimum Gasteiger partial charge on any atom is -0.342 e. The predicted octanol–water partition coefficient (Wildman–Crippen LogP) is 1.16. The average molecular weight is 243 g/mol. The van der Waals surface area contributed by atoms with Crippen molar-refractivity contribution < 1.29 is 4.79 Å². The molecule has 0 saturated carbocycles. The number of carbonyl (C=O) groups is 1. The van der Waals surface area contributed by atoms with E-state index in [4.69, 9.17) is 5.73 Å². The molecule has 17 heavy (non-hydrogen) atoms. The van der Waals surface area contributed by atoms with Gasteiger partial charge in [-0.15, -0.1) is 0 Å². The first kappa shape index (κ1) is 16.4. The number of nitrogens with zero attached hydrogens (tertiary/aromatic N) is 2. The molecule has 1 amide bonds. The molecule has 0 heterocycles. The van der Waals surface area contributed by atoms with Crippen LogP contribution in [0, 0.1) is 5.92 Å². The molecule has 4 heteroatoms. The Balaban J connectivity index is 4.20. The van der Waals surface area contributed by atoms with Gasteiger partial charge in [-0.2, -0.15) is 0 Å². The Labute approximate surface area is 106 Å². The summed E-state index contributed by atoms with van der Waals surface area (Å²) in [6.07, 6.45) is 1.95. The second-order valence-electron chi connectivity index (χ2n) is 4.99. The first-order valence-corrected chi connectivity index (χ1v) is 6.63. The molecule has 0 fully saturated rings. The Kier molecular flexibility index (Phi) is 8.17. The summed E-state index contributed by atoms with van der Waals surface area (Å²) in [5.41, 5.74) is 5.98. The van der Waals surface area contributed by atoms with E-state index in [9.17, 15) is 4.79 Å². The number of likely N-dealkylation sites (N-methyl/N-ethyl adjacent to an activating group) is 1. The quantitative estimate of drug-likeness (QED) is 0.696. The van der Waals surface area contributed by atoms with E-state index in [0.717, 1.165) is 32.5 Å². The Morgan fingerprint density at radius 1 is 1.24 bits per heavy atom. The number of rotatable bonds is 8. The molecular weight excluding hydrogens is 214 g/mol. The van der Waals surface area contributed by atoms with E-state index in [-0.39, 0.29) is 17.9 Å². The van der Waals surface area contributed by atoms with Gasteiger partial charge in [0.15, 0.2) is 0 Å². The van der Waals surface area contributed by atoms with E-state index in [1.54, 1.807) is 0 Å². The van der Waals surface area contributed by atoms with Gasteiger partial charge in [-0.3, -0.25) is 4.79 Å². The summed E-state index contributed by atoms with van der Waals surface area (Å²) in [4.78, 5) is 16.1. The Hall–Kier alpha value is -0.610. The molecule has 0 aliphatic rings. The fourth-order valence-corrected chi connectivity index (χ4v) is 1.71. The number of carbonyl (C=O) groups excluding carboxylic acids is 1. The summed E-state index contributed by atoms with van der Waals surface area (Å²) in [5.74, 6) is 0.353. The molecule has 0 bridgehead atoms. The van der Waals surface area contributed by atoms with Crippen LogP contribution >= 0.6 is 0 Å². The average Bonchev–Trinajstić information content (AvgIpc) is 2.31. The lowest BCUT2D eigenvalue weighted by Gasteiger charge is -2.27. The lowest BCUT2D eigenvalue weighted by molar-refractivity contribution is -0.133. The van der Waals surface area contributed by atoms with E-state index in [1.165, 1.54) is 0 Å². The van der Waals surface area contributed by atoms with Crippen molar-refractivity contribution in [2.45, 2.75) is 39.7 Å². The predicted molar refractivity (Wildman–Crippen MR) is 72.9 cm³/mol. The summed E-state index contributed by atoms with van der Waals surface area (Å²) in [6, 6.07) is -0.348. The lowest BCUT2D eigenvalue weighted by Crippen LogP contribution is -2.47. The van der Waals surface area contributed by atoms with Crippen molar-refractivity contribution in [3.8, 4) is 0 Å². The minimum absolute atomic E-state index is 0.0978. The second kappa shape index (κ2) is 8.48. The standard InChI is InChI=1S/C13H29N3O/c1-6-11(3)12(14)13(17)16(7-2)10-8-9-15(4)5/h11-12H,6-10,14H2,1-5H3. The van der Waals surface area contributed by atoms with Crippen LogP contribution in [0.3, 0.4) is 0 Å². The zero-order valence-corrected chi connectivity index (χ0v) is 12.1. The van der Waals surface area contributed by atoms with Crippen molar-refractivity contribution in [1.82, 2.24) is 9.80 Å². The summed E-state index contributed by atoms with van der Waals surface area (Å²) in [5, 5.41) is 0. The molecule has 0 radical (unpaired) electrons. The molecule has 2 unspecified atom stereocenters. The largest absolute Gasteiger partial charge is 0.342 e. The van der Waals surface area contributed by atoms with Gasteiger partial charge in [-0.1, -0.05) is 20.3 Å². The van der Waals surface area contributed by atoms with E-state index in [0.29, 0.717) is 0 Å². The maximum Gasteiger partial charge on any atom is 0.239 e. The molecular formula is C13H29N3O. The van der Waals surface area contributed by atoms with Crippen LogP contribution < -0.4 is 5.73 Å². The van der Waals surface area contributed by atoms with E-state index < -0.39 is 0 Å². The number of hydrogen-bond acceptors (Lipinski definition) is 3. The van der Waals surface area contributed by atoms with Gasteiger partial charge in [-0.05, 0) is 39.9 Å². The third-order valence-corrected chi connectivity index (χ3v) is 3.27. The summed E-state index contributed by atoms with van der Waals surface area (Å²) in [7, 11) is 4.09. The first-order valence-electron chi connectivity index (χ1n) is 6.63. The summed E-state index contributed by atoms with van der Waals surface area (Å²) in [6.45, 7) is 8.67. The van der Waals surface area contributed by atoms with E-state index in [1.807, 2.05) is 32.8 Å². The van der Waals surface area contributed by atoms with Gasteiger partial charge in [0.25, 0.3) is 0 Å². The van der Waals surface area contributed by atoms with Gasteiger partial charge in [0.2, 0.25) is 5.91 Å². The highest BCUT2D eigenvalue weighted by Crippen LogP contribution is 2.08. The van der Waals surface area contributed by atoms with Gasteiger partial charge >= 0.3 is 0 Å². The minimum atomic E-state index is -0.348. The van der Waals surface area contributed by atoms with Gasteiger partial charge < -0.3 is 15.5 Å². The molecule has 102 valence electrons. The normalized spacial score (nSPS) is 14.8. The van der Waals surface area contributed by atoms with Crippen molar-refractivity contribution in [1.29, 1.82) is 0 Å². The molecule has 0 aromatic rings. The third kappa shape index (κ3) is 6.03. The van der Waals surface area contributed by atoms with Crippen LogP contribution in [0.25, 0.3) is 0 Å². The van der Waals surface area contributed by atoms with Crippen LogP contribution in [0.5, 0.6) is 0 Å². The Morgan fingerprint density at radius 3 is 2.24 bits per heavy atom. The molecule has 0 aliphatic carbocycles. The Morgan fingerprint density at radius 2 is 1.82 bits per heavy atom. The van der Waals surface area contributed by atoms with Crippen molar-refractivity contribution in [2.24, 2.45) is 11.7 Å². The zero-order chi connectivity index (χ0) is 13.4. The highest BCUT2D eigenvalue weighted by molar-refractivity contribution is 5.81. The summed E-state index contributed by atoms with van der Waals surface area (Å²) < 4.78 is 0. The maximum atomic E-state index is 12.1. The van der Waals surface area contributed by atoms with E-state index >= 15 is 0 Å². The molecule has 0 spiro atoms. The monoisotopic (exact) mass is 243 g/mol. The fraction of sp³-hybridized carbons (Fsp3) is 0.923. The maximum absolute atomic E-state index is 12.1. The lowest BCUT2D eigenvalue weighted by atomic mass is 9.99. The van der Waals surface area contributed by atoms with Crippen LogP contribution in [0.4, 0.5) is 0 Å². The third-order valence-electron chi connectivity index (χ3n) is 3.27. The van der Waals surface area contributed by atoms with Crippen LogP contribution in [0.1, 0.15) is 33.6 Å². The SMILES string of the molecule is CCC(C)C(N)C(=O)N(CC)CCCN(C)C. The van der Waals surface area contributed by atoms with Gasteiger partial charge in [0.1, 0.15) is 0 Å². The molecule has 0 aromatic heterocycles. The fourth-order valence-electron chi connectivity index (χ4n) is 1.71. The second-order valence-corrected chi connectivity index (χ2v) is 4.99. The van der Waals surface area contributed by atoms with Crippen LogP contribution in [0.15, 0.2) is 0 Å². The molecule has 0 aliphatic heterocycles. The topological polar surface area (TPSA) is 49.6 Å². The molecule has 0 saturated heterocycles. The summed E-state index contributed by atoms with van der Waals surface area (Å²) >= 11 is 0. The highest BCUT2D eigenvalue weighted by atomic mass is 16.2. The van der Waals surface area contributed by atoms with Crippen molar-refractivity contribution >= 4 is 5.91 Å². The molecule has 2 atom stereocenters. The molecule has 0 rings (SSSR count). The molecule has 4 nitrogen and oxygen atoms in total. The van der Waals surface area contributed by atoms with Crippen LogP contribution in [-0.4, -0.2) is 55.5 Å². The molecule has 2 N–H and O–H groups in total. The first-order chi connectivity index (χ1) is 7.93. The zero-order valence-electron chi connectivity index (χ0n) is 12.1. The Bertz CT molecular complexity index is 219. The van der Waals surface area contributed by atoms with Gasteiger partial charge in [0, 0.05) is 13.1 Å². The van der Waals surface area contributed by atoms with Gasteiger partial charge in [0.05, 0.1) is 6.04 Å². The number of amides is 1. The van der Waals surface area contributed by atoms with Gasteiger partial charge in [-0.25, -0.2) is 0 Å². The number of hydrogen-bond donors (Lipinski definition) is 1. The van der Waals surface area contributed by atoms with Crippen molar-refractivity contribution in [3.63, 3.8) is 0 Å². The number of nitrogens with two attached hydrogens (primary N) is 1. The van der Waals surface area contributed by atoms with Crippen LogP contribution in [0.2, 0.25) is 0 Å². The van der Waals surface area contributed by atoms with Crippen LogP contribution in [-0.2, 0) is 4.79 Å².